The minimum absolute atomic E-state index is 0.806. The zero-order valence-electron chi connectivity index (χ0n) is 13.5. The van der Waals surface area contributed by atoms with E-state index in [1.54, 1.807) is 0 Å². The molecular weight excluding hydrogens is 276 g/mol. The molecule has 2 aliphatic heterocycles. The molecule has 0 spiro atoms. The van der Waals surface area contributed by atoms with Crippen molar-refractivity contribution in [3.05, 3.63) is 23.9 Å². The van der Waals surface area contributed by atoms with Crippen LogP contribution < -0.4 is 10.2 Å². The van der Waals surface area contributed by atoms with E-state index in [-0.39, 0.29) is 0 Å². The Labute approximate surface area is 133 Å². The van der Waals surface area contributed by atoms with Crippen LogP contribution in [0.15, 0.2) is 18.3 Å². The molecule has 0 saturated carbocycles. The second-order valence-electron chi connectivity index (χ2n) is 6.20. The Morgan fingerprint density at radius 1 is 1.14 bits per heavy atom. The number of pyridine rings is 1. The molecule has 2 saturated heterocycles. The van der Waals surface area contributed by atoms with Gasteiger partial charge >= 0.3 is 0 Å². The number of hydrogen-bond donors (Lipinski definition) is 1. The second kappa shape index (κ2) is 8.46. The van der Waals surface area contributed by atoms with Gasteiger partial charge in [0.25, 0.3) is 0 Å². The first-order valence-electron chi connectivity index (χ1n) is 8.62. The molecule has 1 aromatic rings. The zero-order valence-corrected chi connectivity index (χ0v) is 13.5. The molecule has 5 nitrogen and oxygen atoms in total. The fourth-order valence-corrected chi connectivity index (χ4v) is 3.20. The van der Waals surface area contributed by atoms with Crippen LogP contribution in [-0.4, -0.2) is 62.4 Å². The lowest BCUT2D eigenvalue weighted by Gasteiger charge is -2.28. The van der Waals surface area contributed by atoms with E-state index in [4.69, 9.17) is 4.74 Å². The van der Waals surface area contributed by atoms with Crippen LogP contribution in [-0.2, 0) is 11.3 Å². The molecule has 5 heteroatoms. The number of nitrogens with one attached hydrogen (secondary N) is 1. The Kier molecular flexibility index (Phi) is 6.04. The summed E-state index contributed by atoms with van der Waals surface area (Å²) in [4.78, 5) is 9.38. The molecule has 3 rings (SSSR count). The van der Waals surface area contributed by atoms with Crippen LogP contribution in [0, 0.1) is 0 Å². The molecule has 1 aromatic heterocycles. The molecule has 3 heterocycles. The maximum Gasteiger partial charge on any atom is 0.128 e. The van der Waals surface area contributed by atoms with Crippen molar-refractivity contribution >= 4 is 5.82 Å². The van der Waals surface area contributed by atoms with Crippen molar-refractivity contribution in [1.82, 2.24) is 15.2 Å². The van der Waals surface area contributed by atoms with Crippen molar-refractivity contribution in [2.24, 2.45) is 0 Å². The Bertz CT molecular complexity index is 442. The lowest BCUT2D eigenvalue weighted by molar-refractivity contribution is 0.122. The van der Waals surface area contributed by atoms with E-state index in [1.165, 1.54) is 44.5 Å². The molecule has 0 amide bonds. The van der Waals surface area contributed by atoms with Gasteiger partial charge in [0.15, 0.2) is 0 Å². The van der Waals surface area contributed by atoms with E-state index in [0.717, 1.165) is 45.2 Å². The first-order chi connectivity index (χ1) is 10.9. The minimum atomic E-state index is 0.806. The van der Waals surface area contributed by atoms with Crippen LogP contribution in [0.2, 0.25) is 0 Å². The summed E-state index contributed by atoms with van der Waals surface area (Å²) in [6, 6.07) is 4.32. The van der Waals surface area contributed by atoms with Crippen molar-refractivity contribution in [3.8, 4) is 0 Å². The predicted octanol–water partition coefficient (Wildman–Crippen LogP) is 1.49. The van der Waals surface area contributed by atoms with E-state index in [0.29, 0.717) is 0 Å². The van der Waals surface area contributed by atoms with E-state index in [9.17, 15) is 0 Å². The first-order valence-corrected chi connectivity index (χ1v) is 8.62. The highest BCUT2D eigenvalue weighted by atomic mass is 16.5. The van der Waals surface area contributed by atoms with Crippen molar-refractivity contribution in [3.63, 3.8) is 0 Å². The van der Waals surface area contributed by atoms with Gasteiger partial charge in [-0.25, -0.2) is 4.98 Å². The molecule has 0 bridgehead atoms. The highest BCUT2D eigenvalue weighted by molar-refractivity contribution is 5.41. The first kappa shape index (κ1) is 15.7. The topological polar surface area (TPSA) is 40.6 Å². The third-order valence-electron chi connectivity index (χ3n) is 4.50. The number of aromatic nitrogens is 1. The van der Waals surface area contributed by atoms with Gasteiger partial charge in [0.2, 0.25) is 0 Å². The smallest absolute Gasteiger partial charge is 0.128 e. The Morgan fingerprint density at radius 2 is 1.95 bits per heavy atom. The molecule has 0 aliphatic carbocycles. The maximum atomic E-state index is 5.40. The van der Waals surface area contributed by atoms with E-state index in [1.807, 2.05) is 6.20 Å². The average molecular weight is 304 g/mol. The van der Waals surface area contributed by atoms with Crippen LogP contribution in [0.3, 0.4) is 0 Å². The fourth-order valence-electron chi connectivity index (χ4n) is 3.20. The Balaban J connectivity index is 1.38. The van der Waals surface area contributed by atoms with E-state index < -0.39 is 0 Å². The highest BCUT2D eigenvalue weighted by Gasteiger charge is 2.12. The van der Waals surface area contributed by atoms with Gasteiger partial charge in [-0.15, -0.1) is 0 Å². The summed E-state index contributed by atoms with van der Waals surface area (Å²) in [6.45, 7) is 9.36. The van der Waals surface area contributed by atoms with Crippen molar-refractivity contribution < 1.29 is 4.74 Å². The van der Waals surface area contributed by atoms with Gasteiger partial charge in [0.1, 0.15) is 5.82 Å². The SMILES string of the molecule is c1cc(CNCCCN2CCCC2)cc(N2CCOCC2)n1. The lowest BCUT2D eigenvalue weighted by Crippen LogP contribution is -2.36. The number of nitrogens with zero attached hydrogens (tertiary/aromatic N) is 3. The number of ether oxygens (including phenoxy) is 1. The van der Waals surface area contributed by atoms with Gasteiger partial charge in [0.05, 0.1) is 13.2 Å². The quantitative estimate of drug-likeness (QED) is 0.773. The molecule has 1 N–H and O–H groups in total. The fraction of sp³-hybridized carbons (Fsp3) is 0.706. The number of hydrogen-bond acceptors (Lipinski definition) is 5. The van der Waals surface area contributed by atoms with Crippen molar-refractivity contribution in [2.45, 2.75) is 25.8 Å². The van der Waals surface area contributed by atoms with Crippen LogP contribution in [0.1, 0.15) is 24.8 Å². The van der Waals surface area contributed by atoms with Gasteiger partial charge in [-0.3, -0.25) is 0 Å². The third kappa shape index (κ3) is 4.66. The maximum absolute atomic E-state index is 5.40. The number of likely N-dealkylation sites (tertiary alicyclic amines) is 1. The van der Waals surface area contributed by atoms with Gasteiger partial charge in [-0.2, -0.15) is 0 Å². The molecular formula is C17H28N4O. The molecule has 122 valence electrons. The summed E-state index contributed by atoms with van der Waals surface area (Å²) in [7, 11) is 0. The van der Waals surface area contributed by atoms with Crippen LogP contribution in [0.25, 0.3) is 0 Å². The van der Waals surface area contributed by atoms with Gasteiger partial charge in [-0.05, 0) is 63.1 Å². The molecule has 0 aromatic carbocycles. The van der Waals surface area contributed by atoms with Crippen LogP contribution >= 0.6 is 0 Å². The third-order valence-corrected chi connectivity index (χ3v) is 4.50. The molecule has 0 atom stereocenters. The van der Waals surface area contributed by atoms with Gasteiger partial charge in [-0.1, -0.05) is 0 Å². The summed E-state index contributed by atoms with van der Waals surface area (Å²) in [6.07, 6.45) is 5.93. The summed E-state index contributed by atoms with van der Waals surface area (Å²) < 4.78 is 5.40. The van der Waals surface area contributed by atoms with Crippen LogP contribution in [0.4, 0.5) is 5.82 Å². The number of morpholine rings is 1. The Hall–Kier alpha value is -1.17. The highest BCUT2D eigenvalue weighted by Crippen LogP contribution is 2.14. The average Bonchev–Trinajstić information content (AvgIpc) is 3.09. The predicted molar refractivity (Wildman–Crippen MR) is 89.3 cm³/mol. The Morgan fingerprint density at radius 3 is 2.77 bits per heavy atom. The molecule has 2 fully saturated rings. The van der Waals surface area contributed by atoms with Crippen molar-refractivity contribution in [1.29, 1.82) is 0 Å². The zero-order chi connectivity index (χ0) is 15.0. The standard InChI is InChI=1S/C17H28N4O/c1-2-8-20(7-1)9-3-5-18-15-16-4-6-19-17(14-16)21-10-12-22-13-11-21/h4,6,14,18H,1-3,5,7-13,15H2. The molecule has 2 aliphatic rings. The van der Waals surface area contributed by atoms with E-state index >= 15 is 0 Å². The summed E-state index contributed by atoms with van der Waals surface area (Å²) in [5.41, 5.74) is 1.32. The monoisotopic (exact) mass is 304 g/mol. The van der Waals surface area contributed by atoms with Gasteiger partial charge < -0.3 is 19.9 Å². The van der Waals surface area contributed by atoms with Gasteiger partial charge in [0, 0.05) is 25.8 Å². The molecule has 22 heavy (non-hydrogen) atoms. The largest absolute Gasteiger partial charge is 0.378 e. The molecule has 0 unspecified atom stereocenters. The van der Waals surface area contributed by atoms with Crippen molar-refractivity contribution in [2.75, 3.05) is 57.4 Å². The number of anilines is 1. The minimum Gasteiger partial charge on any atom is -0.378 e. The number of rotatable bonds is 7. The molecule has 0 radical (unpaired) electrons. The van der Waals surface area contributed by atoms with Crippen LogP contribution in [0.5, 0.6) is 0 Å². The second-order valence-corrected chi connectivity index (χ2v) is 6.20. The van der Waals surface area contributed by atoms with E-state index in [2.05, 4.69) is 32.2 Å². The normalized spacial score (nSPS) is 19.7. The summed E-state index contributed by atoms with van der Waals surface area (Å²) >= 11 is 0. The summed E-state index contributed by atoms with van der Waals surface area (Å²) in [5, 5.41) is 3.56. The summed E-state index contributed by atoms with van der Waals surface area (Å²) in [5.74, 6) is 1.08. The lowest BCUT2D eigenvalue weighted by atomic mass is 10.2.